The molecule has 0 spiro atoms. The summed E-state index contributed by atoms with van der Waals surface area (Å²) < 4.78 is 5.40. The lowest BCUT2D eigenvalue weighted by Crippen LogP contribution is -2.51. The van der Waals surface area contributed by atoms with Crippen LogP contribution in [0.2, 0.25) is 0 Å². The Morgan fingerprint density at radius 2 is 2.33 bits per heavy atom. The lowest BCUT2D eigenvalue weighted by Gasteiger charge is -2.31. The molecule has 0 amide bonds. The molecule has 1 N–H and O–H groups in total. The zero-order valence-corrected chi connectivity index (χ0v) is 11.0. The fourth-order valence-corrected chi connectivity index (χ4v) is 1.68. The molecule has 0 aliphatic carbocycles. The van der Waals surface area contributed by atoms with E-state index in [1.165, 1.54) is 0 Å². The second kappa shape index (κ2) is 7.83. The molecule has 0 saturated carbocycles. The van der Waals surface area contributed by atoms with Gasteiger partial charge in [-0.2, -0.15) is 0 Å². The zero-order valence-electron chi connectivity index (χ0n) is 11.0. The van der Waals surface area contributed by atoms with Crippen molar-refractivity contribution in [3.63, 3.8) is 0 Å². The molecule has 1 heterocycles. The number of aliphatic imine (C=N–C) groups is 1. The van der Waals surface area contributed by atoms with Gasteiger partial charge in [0.25, 0.3) is 5.96 Å². The monoisotopic (exact) mass is 259 g/mol. The molecule has 0 aromatic heterocycles. The van der Waals surface area contributed by atoms with E-state index in [0.717, 1.165) is 32.6 Å². The molecule has 0 aromatic rings. The van der Waals surface area contributed by atoms with Crippen LogP contribution in [0.4, 0.5) is 0 Å². The van der Waals surface area contributed by atoms with Gasteiger partial charge in [-0.05, 0) is 12.8 Å². The normalized spacial score (nSPS) is 16.6. The van der Waals surface area contributed by atoms with Crippen LogP contribution in [0.1, 0.15) is 19.8 Å². The molecule has 0 radical (unpaired) electrons. The quantitative estimate of drug-likeness (QED) is 0.397. The first kappa shape index (κ1) is 14.7. The Kier molecular flexibility index (Phi) is 6.37. The number of nitrogens with zero attached hydrogens (tertiary/aromatic N) is 4. The van der Waals surface area contributed by atoms with Gasteiger partial charge in [0, 0.05) is 26.8 Å². The summed E-state index contributed by atoms with van der Waals surface area (Å²) in [6.45, 7) is 5.62. The molecule has 8 nitrogen and oxygen atoms in total. The third-order valence-corrected chi connectivity index (χ3v) is 2.50. The highest BCUT2D eigenvalue weighted by atomic mass is 16.7. The van der Waals surface area contributed by atoms with Gasteiger partial charge < -0.3 is 9.64 Å². The molecule has 1 aliphatic heterocycles. The summed E-state index contributed by atoms with van der Waals surface area (Å²) in [7, 11) is 1.77. The Balaban J connectivity index is 2.23. The van der Waals surface area contributed by atoms with Crippen LogP contribution >= 0.6 is 0 Å². The molecule has 8 heteroatoms. The molecule has 0 unspecified atom stereocenters. The van der Waals surface area contributed by atoms with E-state index in [2.05, 4.69) is 22.2 Å². The van der Waals surface area contributed by atoms with E-state index in [4.69, 9.17) is 4.74 Å². The van der Waals surface area contributed by atoms with Crippen molar-refractivity contribution in [2.75, 3.05) is 40.1 Å². The SMILES string of the molecule is CCCOCCCN1CN=C(N[N+](=O)[O-])N(C)C1. The highest BCUT2D eigenvalue weighted by molar-refractivity contribution is 5.78. The van der Waals surface area contributed by atoms with Crippen LogP contribution in [0, 0.1) is 10.1 Å². The summed E-state index contributed by atoms with van der Waals surface area (Å²) in [6, 6.07) is 0. The Bertz CT molecular complexity index is 297. The van der Waals surface area contributed by atoms with Crippen LogP contribution in [-0.4, -0.2) is 60.9 Å². The second-order valence-corrected chi connectivity index (χ2v) is 4.19. The van der Waals surface area contributed by atoms with Crippen LogP contribution in [-0.2, 0) is 4.74 Å². The molecule has 18 heavy (non-hydrogen) atoms. The Morgan fingerprint density at radius 3 is 2.94 bits per heavy atom. The number of ether oxygens (including phenoxy) is 1. The molecule has 104 valence electrons. The first-order chi connectivity index (χ1) is 8.63. The van der Waals surface area contributed by atoms with Crippen molar-refractivity contribution in [1.29, 1.82) is 0 Å². The summed E-state index contributed by atoms with van der Waals surface area (Å²) in [4.78, 5) is 18.3. The molecule has 0 bridgehead atoms. The van der Waals surface area contributed by atoms with Crippen molar-refractivity contribution < 1.29 is 9.77 Å². The summed E-state index contributed by atoms with van der Waals surface area (Å²) in [5, 5.41) is 9.73. The third-order valence-electron chi connectivity index (χ3n) is 2.50. The summed E-state index contributed by atoms with van der Waals surface area (Å²) in [6.07, 6.45) is 1.98. The lowest BCUT2D eigenvalue weighted by molar-refractivity contribution is -0.526. The van der Waals surface area contributed by atoms with E-state index >= 15 is 0 Å². The molecule has 1 rings (SSSR count). The molecular formula is C10H21N5O3. The summed E-state index contributed by atoms with van der Waals surface area (Å²) in [5.74, 6) is 0.304. The Hall–Kier alpha value is -1.41. The van der Waals surface area contributed by atoms with Crippen molar-refractivity contribution in [1.82, 2.24) is 15.2 Å². The van der Waals surface area contributed by atoms with E-state index in [-0.39, 0.29) is 0 Å². The van der Waals surface area contributed by atoms with Gasteiger partial charge in [0.2, 0.25) is 0 Å². The number of guanidine groups is 1. The molecular weight excluding hydrogens is 238 g/mol. The van der Waals surface area contributed by atoms with Crippen LogP contribution < -0.4 is 5.43 Å². The molecule has 0 aromatic carbocycles. The number of hydrazine groups is 1. The number of hydrogen-bond acceptors (Lipinski definition) is 6. The molecule has 0 atom stereocenters. The van der Waals surface area contributed by atoms with Crippen molar-refractivity contribution in [2.45, 2.75) is 19.8 Å². The maximum Gasteiger partial charge on any atom is 0.258 e. The number of nitrogens with one attached hydrogen (secondary N) is 1. The van der Waals surface area contributed by atoms with E-state index in [1.807, 2.05) is 0 Å². The van der Waals surface area contributed by atoms with Crippen molar-refractivity contribution >= 4 is 5.96 Å². The van der Waals surface area contributed by atoms with Gasteiger partial charge in [0.05, 0.1) is 13.3 Å². The maximum atomic E-state index is 10.3. The minimum absolute atomic E-state index is 0.304. The molecule has 0 fully saturated rings. The fraction of sp³-hybridized carbons (Fsp3) is 0.900. The van der Waals surface area contributed by atoms with Crippen molar-refractivity contribution in [2.24, 2.45) is 4.99 Å². The highest BCUT2D eigenvalue weighted by Gasteiger charge is 2.19. The van der Waals surface area contributed by atoms with Crippen molar-refractivity contribution in [3.8, 4) is 0 Å². The van der Waals surface area contributed by atoms with E-state index < -0.39 is 5.03 Å². The average molecular weight is 259 g/mol. The Morgan fingerprint density at radius 1 is 1.56 bits per heavy atom. The topological polar surface area (TPSA) is 83.2 Å². The van der Waals surface area contributed by atoms with Crippen LogP contribution in [0.5, 0.6) is 0 Å². The largest absolute Gasteiger partial charge is 0.381 e. The minimum Gasteiger partial charge on any atom is -0.381 e. The van der Waals surface area contributed by atoms with E-state index in [1.54, 1.807) is 11.9 Å². The highest BCUT2D eigenvalue weighted by Crippen LogP contribution is 2.02. The van der Waals surface area contributed by atoms with Crippen LogP contribution in [0.3, 0.4) is 0 Å². The standard InChI is InChI=1S/C10H21N5O3/c1-3-6-18-7-4-5-14-8-11-10(12-15(16)17)13(2)9-14/h3-9H2,1-2H3,(H,11,12). The predicted octanol–water partition coefficient (Wildman–Crippen LogP) is 0.103. The smallest absolute Gasteiger partial charge is 0.258 e. The van der Waals surface area contributed by atoms with E-state index in [0.29, 0.717) is 19.3 Å². The zero-order chi connectivity index (χ0) is 13.4. The first-order valence-electron chi connectivity index (χ1n) is 6.10. The number of rotatable bonds is 7. The van der Waals surface area contributed by atoms with Gasteiger partial charge in [0.15, 0.2) is 5.03 Å². The second-order valence-electron chi connectivity index (χ2n) is 4.19. The Labute approximate surface area is 107 Å². The predicted molar refractivity (Wildman–Crippen MR) is 67.5 cm³/mol. The third kappa shape index (κ3) is 5.28. The van der Waals surface area contributed by atoms with Gasteiger partial charge in [-0.3, -0.25) is 4.90 Å². The fourth-order valence-electron chi connectivity index (χ4n) is 1.68. The van der Waals surface area contributed by atoms with Crippen LogP contribution in [0.15, 0.2) is 4.99 Å². The van der Waals surface area contributed by atoms with Gasteiger partial charge in [0.1, 0.15) is 0 Å². The maximum absolute atomic E-state index is 10.3. The van der Waals surface area contributed by atoms with Crippen LogP contribution in [0.25, 0.3) is 0 Å². The van der Waals surface area contributed by atoms with Crippen molar-refractivity contribution in [3.05, 3.63) is 10.1 Å². The number of nitro groups is 1. The molecule has 0 saturated heterocycles. The minimum atomic E-state index is -0.594. The van der Waals surface area contributed by atoms with Gasteiger partial charge in [-0.25, -0.2) is 15.1 Å². The molecule has 1 aliphatic rings. The van der Waals surface area contributed by atoms with Gasteiger partial charge >= 0.3 is 0 Å². The van der Waals surface area contributed by atoms with Gasteiger partial charge in [-0.15, -0.1) is 0 Å². The average Bonchev–Trinajstić information content (AvgIpc) is 2.32. The lowest BCUT2D eigenvalue weighted by atomic mass is 10.4. The number of hydrogen-bond donors (Lipinski definition) is 1. The summed E-state index contributed by atoms with van der Waals surface area (Å²) in [5.41, 5.74) is 2.08. The summed E-state index contributed by atoms with van der Waals surface area (Å²) >= 11 is 0. The van der Waals surface area contributed by atoms with Gasteiger partial charge in [-0.1, -0.05) is 12.3 Å². The van der Waals surface area contributed by atoms with E-state index in [9.17, 15) is 10.1 Å². The first-order valence-corrected chi connectivity index (χ1v) is 6.10.